The van der Waals surface area contributed by atoms with Crippen LogP contribution in [0.5, 0.6) is 0 Å². The van der Waals surface area contributed by atoms with E-state index in [9.17, 15) is 9.90 Å². The van der Waals surface area contributed by atoms with Crippen molar-refractivity contribution in [3.8, 4) is 11.3 Å². The molecule has 2 saturated heterocycles. The number of hydrogen-bond acceptors (Lipinski definition) is 7. The minimum atomic E-state index is -0.672. The van der Waals surface area contributed by atoms with Crippen molar-refractivity contribution < 1.29 is 19.1 Å². The molecule has 3 heterocycles. The molecule has 4 rings (SSSR count). The third-order valence-corrected chi connectivity index (χ3v) is 5.38. The molecular formula is C20H25N3O4. The molecule has 1 aromatic carbocycles. The van der Waals surface area contributed by atoms with E-state index in [0.717, 1.165) is 36.4 Å². The van der Waals surface area contributed by atoms with Gasteiger partial charge in [-0.05, 0) is 37.4 Å². The molecule has 0 saturated carbocycles. The lowest BCUT2D eigenvalue weighted by atomic mass is 10.00. The maximum absolute atomic E-state index is 12.3. The van der Waals surface area contributed by atoms with Crippen LogP contribution in [0.3, 0.4) is 0 Å². The average molecular weight is 371 g/mol. The molecule has 2 aliphatic heterocycles. The van der Waals surface area contributed by atoms with E-state index in [1.807, 2.05) is 24.3 Å². The molecule has 2 fully saturated rings. The smallest absolute Gasteiger partial charge is 0.306 e. The number of benzene rings is 1. The molecule has 4 atom stereocenters. The van der Waals surface area contributed by atoms with Crippen molar-refractivity contribution >= 4 is 5.97 Å². The predicted octanol–water partition coefficient (Wildman–Crippen LogP) is 1.13. The molecule has 7 heteroatoms. The van der Waals surface area contributed by atoms with Gasteiger partial charge in [0.25, 0.3) is 0 Å². The van der Waals surface area contributed by atoms with Crippen LogP contribution in [0.1, 0.15) is 18.4 Å². The number of ether oxygens (including phenoxy) is 1. The maximum atomic E-state index is 12.3. The molecule has 0 radical (unpaired) electrons. The minimum absolute atomic E-state index is 0.0956. The molecule has 144 valence electrons. The quantitative estimate of drug-likeness (QED) is 0.655. The third-order valence-electron chi connectivity index (χ3n) is 5.38. The lowest BCUT2D eigenvalue weighted by Gasteiger charge is -2.23. The monoisotopic (exact) mass is 371 g/mol. The van der Waals surface area contributed by atoms with Crippen LogP contribution in [0.15, 0.2) is 41.3 Å². The molecule has 2 aliphatic rings. The number of β-amino-alcohol motifs (C(OH)–C–C–N with tert-alkyl or cyclic N) is 1. The first-order valence-corrected chi connectivity index (χ1v) is 9.48. The Morgan fingerprint density at radius 3 is 2.85 bits per heavy atom. The Bertz CT molecular complexity index is 741. The number of nitrogens with zero attached hydrogens (tertiary/aromatic N) is 1. The van der Waals surface area contributed by atoms with E-state index < -0.39 is 12.2 Å². The number of nitrogens with one attached hydrogen (secondary N) is 2. The SMILES string of the molecule is O=C(C[C@@H]1CCNC1)O[C@@H]1[C@@H](O)CN[C@@H]1Cc1ccc(-c2cnco2)cc1. The Kier molecular flexibility index (Phi) is 5.52. The lowest BCUT2D eigenvalue weighted by molar-refractivity contribution is -0.155. The van der Waals surface area contributed by atoms with Gasteiger partial charge < -0.3 is 24.9 Å². The number of carbonyl (C=O) groups excluding carboxylic acids is 1. The van der Waals surface area contributed by atoms with Crippen LogP contribution in [0, 0.1) is 5.92 Å². The highest BCUT2D eigenvalue weighted by molar-refractivity contribution is 5.70. The van der Waals surface area contributed by atoms with Gasteiger partial charge in [0, 0.05) is 18.5 Å². The first-order chi connectivity index (χ1) is 13.2. The minimum Gasteiger partial charge on any atom is -0.458 e. The van der Waals surface area contributed by atoms with Gasteiger partial charge >= 0.3 is 5.97 Å². The first kappa shape index (κ1) is 18.2. The third kappa shape index (κ3) is 4.37. The van der Waals surface area contributed by atoms with Crippen LogP contribution < -0.4 is 10.6 Å². The van der Waals surface area contributed by atoms with Crippen LogP contribution in [0.2, 0.25) is 0 Å². The fourth-order valence-corrected chi connectivity index (χ4v) is 3.86. The number of rotatable bonds is 6. The molecular weight excluding hydrogens is 346 g/mol. The molecule has 7 nitrogen and oxygen atoms in total. The van der Waals surface area contributed by atoms with E-state index in [1.165, 1.54) is 6.39 Å². The van der Waals surface area contributed by atoms with Crippen molar-refractivity contribution in [3.05, 3.63) is 42.4 Å². The van der Waals surface area contributed by atoms with Crippen molar-refractivity contribution in [1.29, 1.82) is 0 Å². The number of oxazole rings is 1. The van der Waals surface area contributed by atoms with Crippen LogP contribution in [-0.4, -0.2) is 53.9 Å². The summed E-state index contributed by atoms with van der Waals surface area (Å²) in [6, 6.07) is 7.91. The highest BCUT2D eigenvalue weighted by Gasteiger charge is 2.38. The Morgan fingerprint density at radius 1 is 1.30 bits per heavy atom. The van der Waals surface area contributed by atoms with E-state index in [2.05, 4.69) is 15.6 Å². The summed E-state index contributed by atoms with van der Waals surface area (Å²) in [6.07, 6.45) is 4.00. The summed E-state index contributed by atoms with van der Waals surface area (Å²) >= 11 is 0. The van der Waals surface area contributed by atoms with Crippen LogP contribution in [-0.2, 0) is 16.0 Å². The van der Waals surface area contributed by atoms with Crippen LogP contribution >= 0.6 is 0 Å². The summed E-state index contributed by atoms with van der Waals surface area (Å²) in [6.45, 7) is 2.25. The molecule has 1 aromatic heterocycles. The average Bonchev–Trinajstić information content (AvgIpc) is 3.42. The summed E-state index contributed by atoms with van der Waals surface area (Å²) in [5, 5.41) is 16.8. The Labute approximate surface area is 158 Å². The van der Waals surface area contributed by atoms with Crippen molar-refractivity contribution in [3.63, 3.8) is 0 Å². The number of esters is 1. The van der Waals surface area contributed by atoms with Gasteiger partial charge in [0.15, 0.2) is 12.2 Å². The van der Waals surface area contributed by atoms with Gasteiger partial charge in [0.2, 0.25) is 0 Å². The zero-order chi connectivity index (χ0) is 18.6. The van der Waals surface area contributed by atoms with Crippen LogP contribution in [0.25, 0.3) is 11.3 Å². The van der Waals surface area contributed by atoms with Gasteiger partial charge in [-0.25, -0.2) is 4.98 Å². The maximum Gasteiger partial charge on any atom is 0.306 e. The Hall–Kier alpha value is -2.22. The van der Waals surface area contributed by atoms with Gasteiger partial charge in [0.1, 0.15) is 12.2 Å². The van der Waals surface area contributed by atoms with Gasteiger partial charge in [0.05, 0.1) is 12.2 Å². The second-order valence-electron chi connectivity index (χ2n) is 7.37. The summed E-state index contributed by atoms with van der Waals surface area (Å²) in [7, 11) is 0. The fraction of sp³-hybridized carbons (Fsp3) is 0.500. The van der Waals surface area contributed by atoms with Gasteiger partial charge in [-0.1, -0.05) is 24.3 Å². The number of aromatic nitrogens is 1. The molecule has 0 aliphatic carbocycles. The van der Waals surface area contributed by atoms with E-state index >= 15 is 0 Å². The van der Waals surface area contributed by atoms with Crippen molar-refractivity contribution in [2.75, 3.05) is 19.6 Å². The Morgan fingerprint density at radius 2 is 2.15 bits per heavy atom. The second-order valence-corrected chi connectivity index (χ2v) is 7.37. The van der Waals surface area contributed by atoms with Crippen molar-refractivity contribution in [2.24, 2.45) is 5.92 Å². The van der Waals surface area contributed by atoms with E-state index in [1.54, 1.807) is 6.20 Å². The molecule has 0 unspecified atom stereocenters. The predicted molar refractivity (Wildman–Crippen MR) is 98.9 cm³/mol. The van der Waals surface area contributed by atoms with Gasteiger partial charge in [-0.3, -0.25) is 4.79 Å². The first-order valence-electron chi connectivity index (χ1n) is 9.48. The zero-order valence-corrected chi connectivity index (χ0v) is 15.1. The van der Waals surface area contributed by atoms with E-state index in [-0.39, 0.29) is 12.0 Å². The summed E-state index contributed by atoms with van der Waals surface area (Å²) in [4.78, 5) is 16.2. The fourth-order valence-electron chi connectivity index (χ4n) is 3.86. The largest absolute Gasteiger partial charge is 0.458 e. The molecule has 3 N–H and O–H groups in total. The number of carbonyl (C=O) groups is 1. The Balaban J connectivity index is 1.36. The topological polar surface area (TPSA) is 96.6 Å². The second kappa shape index (κ2) is 8.21. The molecule has 2 aromatic rings. The number of aliphatic hydroxyl groups excluding tert-OH is 1. The normalized spacial score (nSPS) is 27.7. The summed E-state index contributed by atoms with van der Waals surface area (Å²) < 4.78 is 11.0. The highest BCUT2D eigenvalue weighted by atomic mass is 16.6. The van der Waals surface area contributed by atoms with E-state index in [0.29, 0.717) is 25.3 Å². The van der Waals surface area contributed by atoms with Crippen molar-refractivity contribution in [1.82, 2.24) is 15.6 Å². The summed E-state index contributed by atoms with van der Waals surface area (Å²) in [5.41, 5.74) is 2.06. The number of aliphatic hydroxyl groups is 1. The molecule has 27 heavy (non-hydrogen) atoms. The standard InChI is InChI=1S/C20H25N3O4/c24-17-10-23-16(20(17)27-19(25)8-14-5-6-21-9-14)7-13-1-3-15(4-2-13)18-11-22-12-26-18/h1-4,11-12,14,16-17,20-21,23-24H,5-10H2/t14-,16+,17-,20-/m0/s1. The summed E-state index contributed by atoms with van der Waals surface area (Å²) in [5.74, 6) is 0.845. The molecule has 0 amide bonds. The highest BCUT2D eigenvalue weighted by Crippen LogP contribution is 2.22. The van der Waals surface area contributed by atoms with E-state index in [4.69, 9.17) is 9.15 Å². The lowest BCUT2D eigenvalue weighted by Crippen LogP contribution is -2.39. The number of hydrogen-bond donors (Lipinski definition) is 3. The van der Waals surface area contributed by atoms with Crippen molar-refractivity contribution in [2.45, 2.75) is 37.5 Å². The molecule has 0 bridgehead atoms. The van der Waals surface area contributed by atoms with Gasteiger partial charge in [-0.2, -0.15) is 0 Å². The van der Waals surface area contributed by atoms with Crippen LogP contribution in [0.4, 0.5) is 0 Å². The zero-order valence-electron chi connectivity index (χ0n) is 15.1. The molecule has 0 spiro atoms. The van der Waals surface area contributed by atoms with Gasteiger partial charge in [-0.15, -0.1) is 0 Å².